The van der Waals surface area contributed by atoms with Crippen LogP contribution in [-0.2, 0) is 6.42 Å². The molecule has 1 unspecified atom stereocenters. The highest BCUT2D eigenvalue weighted by Gasteiger charge is 2.16. The van der Waals surface area contributed by atoms with Crippen molar-refractivity contribution in [3.05, 3.63) is 17.8 Å². The summed E-state index contributed by atoms with van der Waals surface area (Å²) in [5.41, 5.74) is 6.53. The van der Waals surface area contributed by atoms with Crippen molar-refractivity contribution >= 4 is 17.6 Å². The van der Waals surface area contributed by atoms with Crippen LogP contribution in [0.1, 0.15) is 12.1 Å². The van der Waals surface area contributed by atoms with Gasteiger partial charge in [-0.15, -0.1) is 5.10 Å². The van der Waals surface area contributed by atoms with E-state index in [1.165, 1.54) is 17.9 Å². The van der Waals surface area contributed by atoms with Gasteiger partial charge in [-0.3, -0.25) is 0 Å². The Morgan fingerprint density at radius 1 is 1.46 bits per heavy atom. The van der Waals surface area contributed by atoms with Gasteiger partial charge in [-0.05, 0) is 42.4 Å². The highest BCUT2D eigenvalue weighted by atomic mass is 32.2. The first-order valence-corrected chi connectivity index (χ1v) is 5.66. The van der Waals surface area contributed by atoms with E-state index in [0.29, 0.717) is 5.82 Å². The van der Waals surface area contributed by atoms with E-state index in [-0.39, 0.29) is 0 Å². The summed E-state index contributed by atoms with van der Waals surface area (Å²) in [7, 11) is 0. The second kappa shape index (κ2) is 3.96. The van der Waals surface area contributed by atoms with Crippen molar-refractivity contribution in [2.24, 2.45) is 5.92 Å². The Labute approximate surface area is 82.1 Å². The number of hydrogen-bond acceptors (Lipinski definition) is 4. The van der Waals surface area contributed by atoms with Gasteiger partial charge in [0.1, 0.15) is 5.82 Å². The van der Waals surface area contributed by atoms with Gasteiger partial charge in [-0.25, -0.2) is 0 Å². The van der Waals surface area contributed by atoms with E-state index in [2.05, 4.69) is 10.2 Å². The zero-order valence-electron chi connectivity index (χ0n) is 7.44. The molecule has 0 amide bonds. The molecular formula is C9H13N3S. The second-order valence-electron chi connectivity index (χ2n) is 3.38. The summed E-state index contributed by atoms with van der Waals surface area (Å²) in [5.74, 6) is 3.87. The Kier molecular flexibility index (Phi) is 2.68. The maximum Gasteiger partial charge on any atom is 0.146 e. The van der Waals surface area contributed by atoms with Crippen LogP contribution in [0.5, 0.6) is 0 Å². The van der Waals surface area contributed by atoms with Gasteiger partial charge in [-0.1, -0.05) is 0 Å². The van der Waals surface area contributed by atoms with Crippen LogP contribution in [0.25, 0.3) is 0 Å². The van der Waals surface area contributed by atoms with Gasteiger partial charge in [0.2, 0.25) is 0 Å². The number of hydrogen-bond donors (Lipinski definition) is 1. The molecule has 1 fully saturated rings. The summed E-state index contributed by atoms with van der Waals surface area (Å²) in [6.07, 6.45) is 2.37. The minimum atomic E-state index is 0.504. The molecule has 0 radical (unpaired) electrons. The largest absolute Gasteiger partial charge is 0.382 e. The number of nitrogen functional groups attached to an aromatic ring is 1. The summed E-state index contributed by atoms with van der Waals surface area (Å²) >= 11 is 2.03. The molecule has 0 spiro atoms. The van der Waals surface area contributed by atoms with Gasteiger partial charge in [0.05, 0.1) is 5.69 Å². The first kappa shape index (κ1) is 8.81. The molecule has 0 aliphatic carbocycles. The van der Waals surface area contributed by atoms with Crippen molar-refractivity contribution in [1.82, 2.24) is 10.2 Å². The molecule has 1 aliphatic heterocycles. The van der Waals surface area contributed by atoms with Gasteiger partial charge >= 0.3 is 0 Å². The van der Waals surface area contributed by atoms with E-state index < -0.39 is 0 Å². The number of thioether (sulfide) groups is 1. The fourth-order valence-corrected chi connectivity index (χ4v) is 2.80. The van der Waals surface area contributed by atoms with Crippen molar-refractivity contribution in [3.8, 4) is 0 Å². The van der Waals surface area contributed by atoms with Gasteiger partial charge in [-0.2, -0.15) is 16.9 Å². The molecule has 70 valence electrons. The predicted molar refractivity (Wildman–Crippen MR) is 55.6 cm³/mol. The standard InChI is InChI=1S/C9H13N3S/c10-9-2-1-8(11-12-9)5-7-3-4-13-6-7/h1-2,7H,3-6H2,(H2,10,12). The third-order valence-corrected chi connectivity index (χ3v) is 3.49. The van der Waals surface area contributed by atoms with Crippen molar-refractivity contribution in [2.45, 2.75) is 12.8 Å². The smallest absolute Gasteiger partial charge is 0.146 e. The molecule has 4 heteroatoms. The van der Waals surface area contributed by atoms with Crippen LogP contribution in [0.4, 0.5) is 5.82 Å². The van der Waals surface area contributed by atoms with Gasteiger partial charge in [0, 0.05) is 0 Å². The lowest BCUT2D eigenvalue weighted by Gasteiger charge is -2.05. The molecule has 2 rings (SSSR count). The molecule has 0 bridgehead atoms. The van der Waals surface area contributed by atoms with Crippen LogP contribution in [0.3, 0.4) is 0 Å². The van der Waals surface area contributed by atoms with Gasteiger partial charge < -0.3 is 5.73 Å². The zero-order chi connectivity index (χ0) is 9.10. The summed E-state index contributed by atoms with van der Waals surface area (Å²) in [5, 5.41) is 7.90. The normalized spacial score (nSPS) is 22.0. The van der Waals surface area contributed by atoms with E-state index in [4.69, 9.17) is 5.73 Å². The molecule has 13 heavy (non-hydrogen) atoms. The highest BCUT2D eigenvalue weighted by Crippen LogP contribution is 2.25. The number of nitrogens with two attached hydrogens (primary N) is 1. The Hall–Kier alpha value is -0.770. The summed E-state index contributed by atoms with van der Waals surface area (Å²) in [4.78, 5) is 0. The SMILES string of the molecule is Nc1ccc(CC2CCSC2)nn1. The average molecular weight is 195 g/mol. The van der Waals surface area contributed by atoms with Crippen molar-refractivity contribution < 1.29 is 0 Å². The van der Waals surface area contributed by atoms with Crippen LogP contribution in [0.15, 0.2) is 12.1 Å². The van der Waals surface area contributed by atoms with Crippen LogP contribution in [0, 0.1) is 5.92 Å². The molecule has 1 aromatic rings. The predicted octanol–water partition coefficient (Wildman–Crippen LogP) is 1.35. The third-order valence-electron chi connectivity index (χ3n) is 2.26. The molecule has 0 saturated carbocycles. The number of anilines is 1. The Balaban J connectivity index is 1.97. The van der Waals surface area contributed by atoms with Crippen LogP contribution >= 0.6 is 11.8 Å². The molecule has 3 nitrogen and oxygen atoms in total. The second-order valence-corrected chi connectivity index (χ2v) is 4.53. The summed E-state index contributed by atoms with van der Waals surface area (Å²) in [6, 6.07) is 3.80. The van der Waals surface area contributed by atoms with Gasteiger partial charge in [0.25, 0.3) is 0 Å². The van der Waals surface area contributed by atoms with Crippen molar-refractivity contribution in [3.63, 3.8) is 0 Å². The number of nitrogens with zero attached hydrogens (tertiary/aromatic N) is 2. The molecule has 1 saturated heterocycles. The van der Waals surface area contributed by atoms with Crippen LogP contribution in [-0.4, -0.2) is 21.7 Å². The van der Waals surface area contributed by atoms with E-state index in [0.717, 1.165) is 18.0 Å². The lowest BCUT2D eigenvalue weighted by Crippen LogP contribution is -2.05. The zero-order valence-corrected chi connectivity index (χ0v) is 8.26. The first-order chi connectivity index (χ1) is 6.34. The van der Waals surface area contributed by atoms with Crippen molar-refractivity contribution in [1.29, 1.82) is 0 Å². The molecule has 2 N–H and O–H groups in total. The maximum absolute atomic E-state index is 5.46. The van der Waals surface area contributed by atoms with Crippen LogP contribution < -0.4 is 5.73 Å². The minimum absolute atomic E-state index is 0.504. The topological polar surface area (TPSA) is 51.8 Å². The van der Waals surface area contributed by atoms with E-state index in [9.17, 15) is 0 Å². The highest BCUT2D eigenvalue weighted by molar-refractivity contribution is 7.99. The third kappa shape index (κ3) is 2.34. The molecular weight excluding hydrogens is 182 g/mol. The van der Waals surface area contributed by atoms with Crippen molar-refractivity contribution in [2.75, 3.05) is 17.2 Å². The Bertz CT molecular complexity index is 267. The summed E-state index contributed by atoms with van der Waals surface area (Å²) in [6.45, 7) is 0. The fourth-order valence-electron chi connectivity index (χ4n) is 1.52. The molecule has 1 atom stereocenters. The number of aromatic nitrogens is 2. The van der Waals surface area contributed by atoms with Crippen LogP contribution in [0.2, 0.25) is 0 Å². The average Bonchev–Trinajstić information content (AvgIpc) is 2.62. The minimum Gasteiger partial charge on any atom is -0.382 e. The fraction of sp³-hybridized carbons (Fsp3) is 0.556. The number of rotatable bonds is 2. The monoisotopic (exact) mass is 195 g/mol. The first-order valence-electron chi connectivity index (χ1n) is 4.50. The molecule has 0 aromatic carbocycles. The maximum atomic E-state index is 5.46. The molecule has 1 aliphatic rings. The van der Waals surface area contributed by atoms with Gasteiger partial charge in [0.15, 0.2) is 0 Å². The lowest BCUT2D eigenvalue weighted by molar-refractivity contribution is 0.582. The molecule has 1 aromatic heterocycles. The van der Waals surface area contributed by atoms with E-state index in [1.807, 2.05) is 23.9 Å². The summed E-state index contributed by atoms with van der Waals surface area (Å²) < 4.78 is 0. The van der Waals surface area contributed by atoms with E-state index >= 15 is 0 Å². The van der Waals surface area contributed by atoms with E-state index in [1.54, 1.807) is 0 Å². The molecule has 2 heterocycles. The lowest BCUT2D eigenvalue weighted by atomic mass is 10.0. The Morgan fingerprint density at radius 3 is 3.00 bits per heavy atom. The Morgan fingerprint density at radius 2 is 2.38 bits per heavy atom. The quantitative estimate of drug-likeness (QED) is 0.774.